The van der Waals surface area contributed by atoms with Crippen molar-refractivity contribution in [3.05, 3.63) is 35.4 Å². The van der Waals surface area contributed by atoms with E-state index >= 15 is 0 Å². The van der Waals surface area contributed by atoms with Gasteiger partial charge in [-0.3, -0.25) is 4.79 Å². The van der Waals surface area contributed by atoms with Crippen LogP contribution in [-0.2, 0) is 9.53 Å². The predicted octanol–water partition coefficient (Wildman–Crippen LogP) is 1.83. The van der Waals surface area contributed by atoms with Crippen LogP contribution >= 0.6 is 0 Å². The molecular formula is C13H15F2NO2. The van der Waals surface area contributed by atoms with Gasteiger partial charge in [-0.15, -0.1) is 0 Å². The van der Waals surface area contributed by atoms with Crippen LogP contribution in [0.5, 0.6) is 0 Å². The van der Waals surface area contributed by atoms with E-state index in [0.717, 1.165) is 12.6 Å². The van der Waals surface area contributed by atoms with Crippen LogP contribution < -0.4 is 5.32 Å². The Morgan fingerprint density at radius 2 is 2.00 bits per heavy atom. The molecule has 1 N–H and O–H groups in total. The molecule has 1 aliphatic heterocycles. The Bertz CT molecular complexity index is 430. The van der Waals surface area contributed by atoms with Crippen LogP contribution in [0.4, 0.5) is 8.78 Å². The van der Waals surface area contributed by atoms with Crippen LogP contribution in [-0.4, -0.2) is 26.2 Å². The van der Waals surface area contributed by atoms with Gasteiger partial charge < -0.3 is 10.1 Å². The summed E-state index contributed by atoms with van der Waals surface area (Å²) >= 11 is 0. The van der Waals surface area contributed by atoms with E-state index in [1.54, 1.807) is 0 Å². The van der Waals surface area contributed by atoms with Crippen LogP contribution in [0.2, 0.25) is 0 Å². The lowest BCUT2D eigenvalue weighted by atomic mass is 9.81. The Balaban J connectivity index is 2.30. The van der Waals surface area contributed by atoms with Gasteiger partial charge in [0.05, 0.1) is 13.0 Å². The number of benzene rings is 1. The van der Waals surface area contributed by atoms with Gasteiger partial charge in [-0.05, 0) is 36.6 Å². The molecule has 1 aromatic rings. The Hall–Kier alpha value is -1.49. The highest BCUT2D eigenvalue weighted by molar-refractivity contribution is 5.74. The third-order valence-electron chi connectivity index (χ3n) is 3.30. The molecule has 1 aliphatic rings. The normalized spacial score (nSPS) is 23.7. The van der Waals surface area contributed by atoms with Crippen LogP contribution in [0.1, 0.15) is 17.9 Å². The van der Waals surface area contributed by atoms with E-state index < -0.39 is 17.6 Å². The highest BCUT2D eigenvalue weighted by Crippen LogP contribution is 2.31. The number of carbonyl (C=O) groups is 1. The number of hydrogen-bond acceptors (Lipinski definition) is 3. The number of halogens is 2. The maximum Gasteiger partial charge on any atom is 0.310 e. The van der Waals surface area contributed by atoms with E-state index in [4.69, 9.17) is 4.74 Å². The second kappa shape index (κ2) is 5.44. The summed E-state index contributed by atoms with van der Waals surface area (Å²) in [4.78, 5) is 11.7. The third kappa shape index (κ3) is 2.67. The Labute approximate surface area is 104 Å². The second-order valence-electron chi connectivity index (χ2n) is 4.43. The van der Waals surface area contributed by atoms with Crippen LogP contribution in [0.3, 0.4) is 0 Å². The summed E-state index contributed by atoms with van der Waals surface area (Å²) in [6.45, 7) is 1.19. The highest BCUT2D eigenvalue weighted by Gasteiger charge is 2.33. The highest BCUT2D eigenvalue weighted by atomic mass is 19.1. The summed E-state index contributed by atoms with van der Waals surface area (Å²) in [7, 11) is 1.32. The fourth-order valence-corrected chi connectivity index (χ4v) is 2.45. The molecule has 0 amide bonds. The van der Waals surface area contributed by atoms with Crippen LogP contribution in [0.15, 0.2) is 18.2 Å². The third-order valence-corrected chi connectivity index (χ3v) is 3.30. The summed E-state index contributed by atoms with van der Waals surface area (Å²) in [6, 6.07) is 3.40. The zero-order valence-corrected chi connectivity index (χ0v) is 10.1. The molecule has 0 saturated carbocycles. The van der Waals surface area contributed by atoms with Crippen molar-refractivity contribution in [1.29, 1.82) is 0 Å². The average molecular weight is 255 g/mol. The second-order valence-corrected chi connectivity index (χ2v) is 4.43. The van der Waals surface area contributed by atoms with Crippen LogP contribution in [0.25, 0.3) is 0 Å². The summed E-state index contributed by atoms with van der Waals surface area (Å²) in [5, 5.41) is 3.09. The van der Waals surface area contributed by atoms with Gasteiger partial charge in [-0.25, -0.2) is 8.78 Å². The van der Waals surface area contributed by atoms with E-state index in [0.29, 0.717) is 18.5 Å². The molecule has 3 nitrogen and oxygen atoms in total. The van der Waals surface area contributed by atoms with Crippen molar-refractivity contribution in [2.24, 2.45) is 5.92 Å². The average Bonchev–Trinajstić information content (AvgIpc) is 2.36. The molecule has 0 aromatic heterocycles. The first-order chi connectivity index (χ1) is 8.61. The summed E-state index contributed by atoms with van der Waals surface area (Å²) in [5.74, 6) is -2.19. The monoisotopic (exact) mass is 255 g/mol. The SMILES string of the molecule is COC(=O)[C@@H]1CNCC[C@H]1c1cc(F)cc(F)c1. The minimum absolute atomic E-state index is 0.205. The smallest absolute Gasteiger partial charge is 0.310 e. The molecular weight excluding hydrogens is 240 g/mol. The molecule has 2 rings (SSSR count). The molecule has 1 heterocycles. The van der Waals surface area contributed by atoms with Gasteiger partial charge in [0.1, 0.15) is 11.6 Å². The summed E-state index contributed by atoms with van der Waals surface area (Å²) < 4.78 is 31.2. The number of ether oxygens (including phenoxy) is 1. The van der Waals surface area contributed by atoms with Crippen molar-refractivity contribution in [2.75, 3.05) is 20.2 Å². The van der Waals surface area contributed by atoms with E-state index in [9.17, 15) is 13.6 Å². The number of esters is 1. The van der Waals surface area contributed by atoms with Crippen molar-refractivity contribution in [3.63, 3.8) is 0 Å². The van der Waals surface area contributed by atoms with Crippen molar-refractivity contribution in [1.82, 2.24) is 5.32 Å². The fraction of sp³-hybridized carbons (Fsp3) is 0.462. The quantitative estimate of drug-likeness (QED) is 0.819. The van der Waals surface area contributed by atoms with Gasteiger partial charge in [-0.2, -0.15) is 0 Å². The van der Waals surface area contributed by atoms with Gasteiger partial charge in [0.25, 0.3) is 0 Å². The number of hydrogen-bond donors (Lipinski definition) is 1. The Kier molecular flexibility index (Phi) is 3.91. The van der Waals surface area contributed by atoms with Gasteiger partial charge in [0.2, 0.25) is 0 Å². The molecule has 1 fully saturated rings. The topological polar surface area (TPSA) is 38.3 Å². The molecule has 0 bridgehead atoms. The van der Waals surface area contributed by atoms with Gasteiger partial charge in [0.15, 0.2) is 0 Å². The first-order valence-electron chi connectivity index (χ1n) is 5.86. The maximum absolute atomic E-state index is 13.2. The number of rotatable bonds is 2. The van der Waals surface area contributed by atoms with Gasteiger partial charge in [-0.1, -0.05) is 0 Å². The Morgan fingerprint density at radius 3 is 2.61 bits per heavy atom. The van der Waals surface area contributed by atoms with Crippen molar-refractivity contribution < 1.29 is 18.3 Å². The number of nitrogens with one attached hydrogen (secondary N) is 1. The van der Waals surface area contributed by atoms with Crippen molar-refractivity contribution >= 4 is 5.97 Å². The Morgan fingerprint density at radius 1 is 1.33 bits per heavy atom. The van der Waals surface area contributed by atoms with E-state index in [1.165, 1.54) is 19.2 Å². The van der Waals surface area contributed by atoms with Crippen molar-refractivity contribution in [2.45, 2.75) is 12.3 Å². The lowest BCUT2D eigenvalue weighted by Crippen LogP contribution is -2.40. The molecule has 0 spiro atoms. The largest absolute Gasteiger partial charge is 0.469 e. The molecule has 98 valence electrons. The van der Waals surface area contributed by atoms with Gasteiger partial charge >= 0.3 is 5.97 Å². The summed E-state index contributed by atoms with van der Waals surface area (Å²) in [5.41, 5.74) is 0.518. The molecule has 0 aliphatic carbocycles. The fourth-order valence-electron chi connectivity index (χ4n) is 2.45. The minimum Gasteiger partial charge on any atom is -0.469 e. The first-order valence-corrected chi connectivity index (χ1v) is 5.86. The number of piperidine rings is 1. The molecule has 18 heavy (non-hydrogen) atoms. The first kappa shape index (κ1) is 13.0. The van der Waals surface area contributed by atoms with Crippen molar-refractivity contribution in [3.8, 4) is 0 Å². The predicted molar refractivity (Wildman–Crippen MR) is 62.1 cm³/mol. The molecule has 1 aromatic carbocycles. The summed E-state index contributed by atoms with van der Waals surface area (Å²) in [6.07, 6.45) is 0.655. The van der Waals surface area contributed by atoms with Crippen LogP contribution in [0, 0.1) is 17.6 Å². The number of carbonyl (C=O) groups excluding carboxylic acids is 1. The van der Waals surface area contributed by atoms with E-state index in [2.05, 4.69) is 5.32 Å². The molecule has 1 saturated heterocycles. The lowest BCUT2D eigenvalue weighted by molar-refractivity contribution is -0.146. The standard InChI is InChI=1S/C13H15F2NO2/c1-18-13(17)12-7-16-3-2-11(12)8-4-9(14)6-10(15)5-8/h4-6,11-12,16H,2-3,7H2,1H3/t11-,12+/m0/s1. The van der Waals surface area contributed by atoms with Gasteiger partial charge in [0, 0.05) is 12.6 Å². The van der Waals surface area contributed by atoms with E-state index in [-0.39, 0.29) is 11.9 Å². The zero-order valence-electron chi connectivity index (χ0n) is 10.1. The minimum atomic E-state index is -0.618. The maximum atomic E-state index is 13.2. The zero-order chi connectivity index (χ0) is 13.1. The molecule has 0 radical (unpaired) electrons. The molecule has 2 atom stereocenters. The van der Waals surface area contributed by atoms with E-state index in [1.807, 2.05) is 0 Å². The molecule has 0 unspecified atom stereocenters. The molecule has 5 heteroatoms. The number of methoxy groups -OCH3 is 1. The lowest BCUT2D eigenvalue weighted by Gasteiger charge is -2.30.